The monoisotopic (exact) mass is 326 g/mol. The predicted molar refractivity (Wildman–Crippen MR) is 90.9 cm³/mol. The van der Waals surface area contributed by atoms with Crippen LogP contribution in [0.1, 0.15) is 24.8 Å². The van der Waals surface area contributed by atoms with Crippen LogP contribution >= 0.6 is 0 Å². The van der Waals surface area contributed by atoms with Crippen molar-refractivity contribution in [3.8, 4) is 11.3 Å². The zero-order valence-electron chi connectivity index (χ0n) is 13.8. The Balaban J connectivity index is 1.26. The molecule has 0 spiro atoms. The molecule has 1 aromatic heterocycles. The summed E-state index contributed by atoms with van der Waals surface area (Å²) in [5.41, 5.74) is 3.09. The van der Waals surface area contributed by atoms with Crippen molar-refractivity contribution in [3.63, 3.8) is 0 Å². The first-order valence-corrected chi connectivity index (χ1v) is 8.98. The second-order valence-electron chi connectivity index (χ2n) is 7.72. The van der Waals surface area contributed by atoms with E-state index in [1.165, 1.54) is 38.4 Å². The minimum atomic E-state index is -0.198. The van der Waals surface area contributed by atoms with Crippen LogP contribution in [-0.4, -0.2) is 51.7 Å². The summed E-state index contributed by atoms with van der Waals surface area (Å²) >= 11 is 0. The van der Waals surface area contributed by atoms with E-state index in [-0.39, 0.29) is 5.82 Å². The zero-order valence-corrected chi connectivity index (χ0v) is 13.8. The number of nitrogens with one attached hydrogen (secondary N) is 1. The van der Waals surface area contributed by atoms with Crippen LogP contribution in [0.5, 0.6) is 0 Å². The fourth-order valence-corrected chi connectivity index (χ4v) is 4.77. The van der Waals surface area contributed by atoms with Crippen LogP contribution in [-0.2, 0) is 6.54 Å². The summed E-state index contributed by atoms with van der Waals surface area (Å²) in [6.45, 7) is 5.35. The number of benzene rings is 1. The number of hydrogen-bond donors (Lipinski definition) is 1. The van der Waals surface area contributed by atoms with Crippen LogP contribution in [0.4, 0.5) is 4.39 Å². The lowest BCUT2D eigenvalue weighted by molar-refractivity contribution is -0.155. The van der Waals surface area contributed by atoms with Crippen molar-refractivity contribution in [2.75, 3.05) is 26.2 Å². The molecule has 0 atom stereocenters. The van der Waals surface area contributed by atoms with Gasteiger partial charge in [-0.05, 0) is 37.3 Å². The van der Waals surface area contributed by atoms with Crippen molar-refractivity contribution < 1.29 is 4.39 Å². The molecule has 24 heavy (non-hydrogen) atoms. The zero-order chi connectivity index (χ0) is 16.1. The summed E-state index contributed by atoms with van der Waals surface area (Å²) in [6, 6.07) is 6.90. The van der Waals surface area contributed by atoms with Gasteiger partial charge in [-0.25, -0.2) is 4.39 Å². The normalized spacial score (nSPS) is 30.0. The lowest BCUT2D eigenvalue weighted by atomic mass is 9.49. The molecule has 4 fully saturated rings. The summed E-state index contributed by atoms with van der Waals surface area (Å²) in [6.07, 6.45) is 6.15. The van der Waals surface area contributed by atoms with Gasteiger partial charge in [-0.15, -0.1) is 0 Å². The van der Waals surface area contributed by atoms with Crippen LogP contribution in [0.2, 0.25) is 0 Å². The van der Waals surface area contributed by atoms with Crippen molar-refractivity contribution in [1.29, 1.82) is 0 Å². The first-order valence-electron chi connectivity index (χ1n) is 8.98. The predicted octanol–water partition coefficient (Wildman–Crippen LogP) is 2.89. The molecule has 0 radical (unpaired) electrons. The Kier molecular flexibility index (Phi) is 3.28. The third kappa shape index (κ3) is 2.22. The van der Waals surface area contributed by atoms with E-state index in [1.807, 2.05) is 18.3 Å². The number of hydrogen-bond acceptors (Lipinski definition) is 3. The molecule has 0 amide bonds. The highest BCUT2D eigenvalue weighted by Crippen LogP contribution is 2.60. The molecule has 2 aromatic rings. The third-order valence-corrected chi connectivity index (χ3v) is 6.30. The highest BCUT2D eigenvalue weighted by Gasteiger charge is 2.59. The average Bonchev–Trinajstić information content (AvgIpc) is 2.94. The summed E-state index contributed by atoms with van der Waals surface area (Å²) in [4.78, 5) is 5.19. The van der Waals surface area contributed by atoms with Gasteiger partial charge in [0, 0.05) is 49.4 Å². The molecule has 1 aromatic carbocycles. The highest BCUT2D eigenvalue weighted by molar-refractivity contribution is 5.63. The van der Waals surface area contributed by atoms with Crippen molar-refractivity contribution in [1.82, 2.24) is 20.0 Å². The second kappa shape index (κ2) is 5.39. The highest BCUT2D eigenvalue weighted by atomic mass is 19.1. The van der Waals surface area contributed by atoms with Crippen LogP contribution in [0.3, 0.4) is 0 Å². The lowest BCUT2D eigenvalue weighted by Gasteiger charge is -2.67. The Bertz CT molecular complexity index is 730. The van der Waals surface area contributed by atoms with Gasteiger partial charge in [0.05, 0.1) is 11.9 Å². The molecule has 4 aliphatic rings. The third-order valence-electron chi connectivity index (χ3n) is 6.30. The van der Waals surface area contributed by atoms with Gasteiger partial charge < -0.3 is 0 Å². The first kappa shape index (κ1) is 14.6. The van der Waals surface area contributed by atoms with Crippen molar-refractivity contribution in [2.45, 2.75) is 31.3 Å². The maximum atomic E-state index is 14.1. The van der Waals surface area contributed by atoms with Crippen molar-refractivity contribution >= 4 is 0 Å². The number of aromatic nitrogens is 2. The smallest absolute Gasteiger partial charge is 0.132 e. The molecule has 3 saturated carbocycles. The van der Waals surface area contributed by atoms with Crippen LogP contribution in [0.15, 0.2) is 30.5 Å². The Labute approximate surface area is 141 Å². The van der Waals surface area contributed by atoms with Gasteiger partial charge in [0.1, 0.15) is 5.82 Å². The molecule has 1 N–H and O–H groups in total. The van der Waals surface area contributed by atoms with Crippen LogP contribution in [0, 0.1) is 11.7 Å². The van der Waals surface area contributed by atoms with E-state index < -0.39 is 0 Å². The molecule has 1 aliphatic heterocycles. The number of H-pyrrole nitrogens is 1. The molecule has 6 rings (SSSR count). The number of piperazine rings is 1. The van der Waals surface area contributed by atoms with E-state index in [0.29, 0.717) is 11.1 Å². The maximum Gasteiger partial charge on any atom is 0.132 e. The molecule has 0 unspecified atom stereocenters. The molecule has 5 heteroatoms. The minimum Gasteiger partial charge on any atom is -0.296 e. The van der Waals surface area contributed by atoms with Gasteiger partial charge in [0.15, 0.2) is 0 Å². The molecule has 4 nitrogen and oxygen atoms in total. The number of halogens is 1. The SMILES string of the molecule is Fc1ccccc1-c1[nH]ncc1CN1CCN(C23CC(C2)C3)CC1. The minimum absolute atomic E-state index is 0.198. The molecular formula is C19H23FN4. The summed E-state index contributed by atoms with van der Waals surface area (Å²) < 4.78 is 14.1. The first-order chi connectivity index (χ1) is 11.7. The second-order valence-corrected chi connectivity index (χ2v) is 7.72. The van der Waals surface area contributed by atoms with E-state index >= 15 is 0 Å². The largest absolute Gasteiger partial charge is 0.296 e. The van der Waals surface area contributed by atoms with E-state index in [2.05, 4.69) is 20.0 Å². The van der Waals surface area contributed by atoms with Gasteiger partial charge in [-0.3, -0.25) is 14.9 Å². The quantitative estimate of drug-likeness (QED) is 0.938. The van der Waals surface area contributed by atoms with E-state index in [0.717, 1.165) is 36.8 Å². The Morgan fingerprint density at radius 1 is 1.12 bits per heavy atom. The molecule has 2 bridgehead atoms. The number of rotatable bonds is 4. The van der Waals surface area contributed by atoms with E-state index in [4.69, 9.17) is 0 Å². The van der Waals surface area contributed by atoms with Crippen molar-refractivity contribution in [2.24, 2.45) is 5.92 Å². The average molecular weight is 326 g/mol. The summed E-state index contributed by atoms with van der Waals surface area (Å²) in [7, 11) is 0. The number of aromatic amines is 1. The van der Waals surface area contributed by atoms with Gasteiger partial charge in [-0.1, -0.05) is 12.1 Å². The Hall–Kier alpha value is -1.72. The standard InChI is InChI=1S/C19H23FN4/c20-17-4-2-1-3-16(17)18-15(12-21-22-18)13-23-5-7-24(8-6-23)19-9-14(10-19)11-19/h1-4,12,14H,5-11,13H2,(H,21,22). The number of nitrogens with zero attached hydrogens (tertiary/aromatic N) is 3. The van der Waals surface area contributed by atoms with Gasteiger partial charge in [-0.2, -0.15) is 5.10 Å². The fraction of sp³-hybridized carbons (Fsp3) is 0.526. The molecule has 1 saturated heterocycles. The summed E-state index contributed by atoms with van der Waals surface area (Å²) in [5, 5.41) is 7.14. The van der Waals surface area contributed by atoms with Gasteiger partial charge in [0.25, 0.3) is 0 Å². The Morgan fingerprint density at radius 3 is 2.54 bits per heavy atom. The maximum absolute atomic E-state index is 14.1. The molecule has 126 valence electrons. The lowest BCUT2D eigenvalue weighted by Crippen LogP contribution is -2.70. The van der Waals surface area contributed by atoms with Crippen LogP contribution in [0.25, 0.3) is 11.3 Å². The fourth-order valence-electron chi connectivity index (χ4n) is 4.77. The Morgan fingerprint density at radius 2 is 1.88 bits per heavy atom. The van der Waals surface area contributed by atoms with Gasteiger partial charge in [0.2, 0.25) is 0 Å². The van der Waals surface area contributed by atoms with E-state index in [1.54, 1.807) is 6.07 Å². The summed E-state index contributed by atoms with van der Waals surface area (Å²) in [5.74, 6) is 0.841. The molecule has 3 aliphatic carbocycles. The topological polar surface area (TPSA) is 35.2 Å². The molecule has 2 heterocycles. The van der Waals surface area contributed by atoms with E-state index in [9.17, 15) is 4.39 Å². The van der Waals surface area contributed by atoms with Gasteiger partial charge >= 0.3 is 0 Å². The van der Waals surface area contributed by atoms with Crippen LogP contribution < -0.4 is 0 Å². The molecular weight excluding hydrogens is 303 g/mol. The van der Waals surface area contributed by atoms with Crippen molar-refractivity contribution in [3.05, 3.63) is 41.8 Å².